The van der Waals surface area contributed by atoms with Gasteiger partial charge in [0.1, 0.15) is 12.4 Å². The third kappa shape index (κ3) is 6.83. The molecule has 1 amide bonds. The summed E-state index contributed by atoms with van der Waals surface area (Å²) in [5, 5.41) is 3.10. The number of amides is 1. The Morgan fingerprint density at radius 1 is 1.19 bits per heavy atom. The van der Waals surface area contributed by atoms with Crippen molar-refractivity contribution in [3.63, 3.8) is 0 Å². The number of hydrogen-bond acceptors (Lipinski definition) is 4. The summed E-state index contributed by atoms with van der Waals surface area (Å²) >= 11 is 7.44. The van der Waals surface area contributed by atoms with Crippen molar-refractivity contribution in [1.82, 2.24) is 9.62 Å². The van der Waals surface area contributed by atoms with Gasteiger partial charge in [-0.2, -0.15) is 24.5 Å². The van der Waals surface area contributed by atoms with Gasteiger partial charge in [-0.15, -0.1) is 0 Å². The third-order valence-electron chi connectivity index (χ3n) is 4.54. The molecule has 2 rings (SSSR count). The molecule has 0 fully saturated rings. The number of halogens is 2. The molecule has 0 aliphatic rings. The van der Waals surface area contributed by atoms with Gasteiger partial charge in [-0.1, -0.05) is 29.8 Å². The van der Waals surface area contributed by atoms with E-state index in [1.54, 1.807) is 25.1 Å². The van der Waals surface area contributed by atoms with Crippen molar-refractivity contribution in [3.8, 4) is 0 Å². The second-order valence-corrected chi connectivity index (χ2v) is 10.8. The number of anilines is 1. The Kier molecular flexibility index (Phi) is 9.17. The number of hydrogen-bond donors (Lipinski definition) is 1. The monoisotopic (exact) mass is 487 g/mol. The molecule has 10 heteroatoms. The molecule has 0 aliphatic carbocycles. The molecule has 0 saturated carbocycles. The van der Waals surface area contributed by atoms with Gasteiger partial charge in [0.15, 0.2) is 0 Å². The first-order valence-electron chi connectivity index (χ1n) is 9.58. The van der Waals surface area contributed by atoms with Crippen LogP contribution in [0.1, 0.15) is 16.7 Å². The summed E-state index contributed by atoms with van der Waals surface area (Å²) in [6.07, 6.45) is 0. The summed E-state index contributed by atoms with van der Waals surface area (Å²) in [6.45, 7) is 3.64. The van der Waals surface area contributed by atoms with Gasteiger partial charge in [0.05, 0.1) is 5.69 Å². The van der Waals surface area contributed by atoms with Gasteiger partial charge in [-0.05, 0) is 43.2 Å². The Hall–Kier alpha value is -1.81. The smallest absolute Gasteiger partial charge is 0.304 e. The number of nitrogens with zero attached hydrogens (tertiary/aromatic N) is 2. The Bertz CT molecular complexity index is 1010. The van der Waals surface area contributed by atoms with E-state index in [2.05, 4.69) is 5.32 Å². The average molecular weight is 488 g/mol. The lowest BCUT2D eigenvalue weighted by molar-refractivity contribution is -0.119. The number of thioether (sulfide) groups is 1. The molecule has 170 valence electrons. The molecule has 2 aromatic carbocycles. The molecule has 1 N–H and O–H groups in total. The summed E-state index contributed by atoms with van der Waals surface area (Å²) in [5.41, 5.74) is 2.54. The molecule has 6 nitrogen and oxygen atoms in total. The minimum Gasteiger partial charge on any atom is -0.354 e. The van der Waals surface area contributed by atoms with Crippen LogP contribution in [0.4, 0.5) is 10.1 Å². The number of carbonyl (C=O) groups is 1. The standard InChI is InChI=1S/C21H27ClFN3O3S2/c1-15-8-9-16(2)20(12-15)26(31(28,29)25(3)4)13-21(27)24-10-11-30-14-17-18(22)6-5-7-19(17)23/h5-9,12H,10-11,13-14H2,1-4H3,(H,24,27). The van der Waals surface area contributed by atoms with Crippen LogP contribution < -0.4 is 9.62 Å². The highest BCUT2D eigenvalue weighted by atomic mass is 35.5. The first-order chi connectivity index (χ1) is 14.5. The van der Waals surface area contributed by atoms with Crippen molar-refractivity contribution >= 4 is 45.2 Å². The van der Waals surface area contributed by atoms with E-state index in [4.69, 9.17) is 11.6 Å². The maximum absolute atomic E-state index is 13.8. The van der Waals surface area contributed by atoms with Gasteiger partial charge >= 0.3 is 10.2 Å². The van der Waals surface area contributed by atoms with Gasteiger partial charge in [-0.3, -0.25) is 4.79 Å². The normalized spacial score (nSPS) is 11.6. The minimum absolute atomic E-state index is 0.318. The van der Waals surface area contributed by atoms with Crippen LogP contribution in [0.3, 0.4) is 0 Å². The van der Waals surface area contributed by atoms with Gasteiger partial charge in [0.25, 0.3) is 0 Å². The lowest BCUT2D eigenvalue weighted by atomic mass is 10.1. The lowest BCUT2D eigenvalue weighted by Crippen LogP contribution is -2.46. The van der Waals surface area contributed by atoms with E-state index in [9.17, 15) is 17.6 Å². The molecule has 0 heterocycles. The fraction of sp³-hybridized carbons (Fsp3) is 0.381. The van der Waals surface area contributed by atoms with Crippen LogP contribution in [-0.2, 0) is 20.8 Å². The first kappa shape index (κ1) is 25.5. The van der Waals surface area contributed by atoms with E-state index in [1.807, 2.05) is 19.1 Å². The summed E-state index contributed by atoms with van der Waals surface area (Å²) in [4.78, 5) is 12.5. The van der Waals surface area contributed by atoms with Crippen molar-refractivity contribution in [2.24, 2.45) is 0 Å². The van der Waals surface area contributed by atoms with Gasteiger partial charge in [0.2, 0.25) is 5.91 Å². The molecule has 2 aromatic rings. The van der Waals surface area contributed by atoms with E-state index >= 15 is 0 Å². The van der Waals surface area contributed by atoms with Crippen LogP contribution in [0.25, 0.3) is 0 Å². The predicted octanol–water partition coefficient (Wildman–Crippen LogP) is 3.76. The zero-order valence-corrected chi connectivity index (χ0v) is 20.4. The average Bonchev–Trinajstić information content (AvgIpc) is 2.69. The SMILES string of the molecule is Cc1ccc(C)c(N(CC(=O)NCCSCc2c(F)cccc2Cl)S(=O)(=O)N(C)C)c1. The zero-order chi connectivity index (χ0) is 23.2. The zero-order valence-electron chi connectivity index (χ0n) is 18.0. The fourth-order valence-corrected chi connectivity index (χ4v) is 5.09. The molecule has 0 spiro atoms. The van der Waals surface area contributed by atoms with Crippen LogP contribution in [-0.4, -0.2) is 51.6 Å². The van der Waals surface area contributed by atoms with Crippen LogP contribution in [0.5, 0.6) is 0 Å². The first-order valence-corrected chi connectivity index (χ1v) is 12.5. The molecule has 0 bridgehead atoms. The van der Waals surface area contributed by atoms with Gasteiger partial charge < -0.3 is 5.32 Å². The van der Waals surface area contributed by atoms with Crippen LogP contribution in [0.2, 0.25) is 5.02 Å². The molecular formula is C21H27ClFN3O3S2. The van der Waals surface area contributed by atoms with Crippen LogP contribution >= 0.6 is 23.4 Å². The maximum Gasteiger partial charge on any atom is 0.304 e. The largest absolute Gasteiger partial charge is 0.354 e. The highest BCUT2D eigenvalue weighted by molar-refractivity contribution is 7.98. The summed E-state index contributed by atoms with van der Waals surface area (Å²) < 4.78 is 41.7. The molecule has 0 aliphatic heterocycles. The van der Waals surface area contributed by atoms with Crippen molar-refractivity contribution in [3.05, 3.63) is 63.9 Å². The van der Waals surface area contributed by atoms with E-state index in [-0.39, 0.29) is 12.4 Å². The molecule has 0 aromatic heterocycles. The van der Waals surface area contributed by atoms with Crippen molar-refractivity contribution < 1.29 is 17.6 Å². The van der Waals surface area contributed by atoms with Crippen molar-refractivity contribution in [2.75, 3.05) is 37.2 Å². The number of rotatable bonds is 10. The van der Waals surface area contributed by atoms with E-state index in [0.29, 0.717) is 34.3 Å². The van der Waals surface area contributed by atoms with Crippen LogP contribution in [0.15, 0.2) is 36.4 Å². The molecule has 0 unspecified atom stereocenters. The molecule has 0 saturated heterocycles. The Morgan fingerprint density at radius 3 is 2.55 bits per heavy atom. The topological polar surface area (TPSA) is 69.7 Å². The van der Waals surface area contributed by atoms with E-state index in [0.717, 1.165) is 19.7 Å². The van der Waals surface area contributed by atoms with E-state index < -0.39 is 16.1 Å². The quantitative estimate of drug-likeness (QED) is 0.518. The molecular weight excluding hydrogens is 461 g/mol. The van der Waals surface area contributed by atoms with Crippen molar-refractivity contribution in [1.29, 1.82) is 0 Å². The maximum atomic E-state index is 13.8. The highest BCUT2D eigenvalue weighted by Crippen LogP contribution is 2.25. The predicted molar refractivity (Wildman–Crippen MR) is 126 cm³/mol. The minimum atomic E-state index is -3.86. The molecule has 0 radical (unpaired) electrons. The number of aryl methyl sites for hydroxylation is 2. The Morgan fingerprint density at radius 2 is 1.90 bits per heavy atom. The highest BCUT2D eigenvalue weighted by Gasteiger charge is 2.28. The molecule has 0 atom stereocenters. The number of benzene rings is 2. The molecule has 31 heavy (non-hydrogen) atoms. The number of nitrogens with one attached hydrogen (secondary N) is 1. The lowest BCUT2D eigenvalue weighted by Gasteiger charge is -2.28. The van der Waals surface area contributed by atoms with Gasteiger partial charge in [-0.25, -0.2) is 8.70 Å². The van der Waals surface area contributed by atoms with Gasteiger partial charge in [0, 0.05) is 42.7 Å². The second kappa shape index (κ2) is 11.2. The van der Waals surface area contributed by atoms with E-state index in [1.165, 1.54) is 31.9 Å². The Labute approximate surface area is 192 Å². The van der Waals surface area contributed by atoms with Crippen LogP contribution in [0, 0.1) is 19.7 Å². The Balaban J connectivity index is 1.99. The summed E-state index contributed by atoms with van der Waals surface area (Å²) in [5.74, 6) is 0.128. The second-order valence-electron chi connectivity index (χ2n) is 7.19. The third-order valence-corrected chi connectivity index (χ3v) is 7.68. The summed E-state index contributed by atoms with van der Waals surface area (Å²) in [7, 11) is -1.01. The summed E-state index contributed by atoms with van der Waals surface area (Å²) in [6, 6.07) is 10.0. The van der Waals surface area contributed by atoms with Crippen molar-refractivity contribution in [2.45, 2.75) is 19.6 Å². The fourth-order valence-electron chi connectivity index (χ4n) is 2.77. The number of carbonyl (C=O) groups excluding carboxylic acids is 1.